The molecule has 0 saturated carbocycles. The normalized spacial score (nSPS) is 12.4. The van der Waals surface area contributed by atoms with E-state index in [-0.39, 0.29) is 12.7 Å². The van der Waals surface area contributed by atoms with Crippen molar-refractivity contribution in [1.82, 2.24) is 9.88 Å². The van der Waals surface area contributed by atoms with Crippen LogP contribution in [0.4, 0.5) is 5.69 Å². The molecule has 0 unspecified atom stereocenters. The highest BCUT2D eigenvalue weighted by atomic mass is 16.7. The van der Waals surface area contributed by atoms with Gasteiger partial charge in [0.2, 0.25) is 6.79 Å². The number of aromatic nitrogens is 1. The Labute approximate surface area is 122 Å². The second kappa shape index (κ2) is 5.40. The minimum Gasteiger partial charge on any atom is -0.454 e. The van der Waals surface area contributed by atoms with E-state index in [0.717, 1.165) is 17.1 Å². The molecule has 0 saturated heterocycles. The fraction of sp³-hybridized carbons (Fsp3) is 0.267. The van der Waals surface area contributed by atoms with Crippen LogP contribution in [0.2, 0.25) is 0 Å². The molecule has 1 aliphatic rings. The predicted molar refractivity (Wildman–Crippen MR) is 78.2 cm³/mol. The van der Waals surface area contributed by atoms with Crippen LogP contribution in [0, 0.1) is 0 Å². The Balaban J connectivity index is 1.76. The van der Waals surface area contributed by atoms with Gasteiger partial charge in [-0.25, -0.2) is 0 Å². The molecule has 1 aliphatic heterocycles. The Morgan fingerprint density at radius 2 is 2.14 bits per heavy atom. The Kier molecular flexibility index (Phi) is 3.43. The molecule has 0 atom stereocenters. The predicted octanol–water partition coefficient (Wildman–Crippen LogP) is 1.99. The number of nitrogen functional groups attached to an aromatic ring is 1. The van der Waals surface area contributed by atoms with Crippen molar-refractivity contribution in [3.63, 3.8) is 0 Å². The summed E-state index contributed by atoms with van der Waals surface area (Å²) in [5, 5.41) is 0. The zero-order valence-electron chi connectivity index (χ0n) is 11.8. The SMILES string of the molecule is CCN(Cc1ccc2c(c1)OCO2)C(=O)c1cc(N)c[nH]1. The molecule has 110 valence electrons. The zero-order valence-corrected chi connectivity index (χ0v) is 11.8. The van der Waals surface area contributed by atoms with Gasteiger partial charge in [0.15, 0.2) is 11.5 Å². The number of benzene rings is 1. The van der Waals surface area contributed by atoms with Gasteiger partial charge in [-0.2, -0.15) is 0 Å². The molecule has 21 heavy (non-hydrogen) atoms. The molecule has 3 rings (SSSR count). The first kappa shape index (κ1) is 13.4. The molecule has 1 aromatic heterocycles. The highest BCUT2D eigenvalue weighted by molar-refractivity contribution is 5.93. The quantitative estimate of drug-likeness (QED) is 0.901. The fourth-order valence-corrected chi connectivity index (χ4v) is 2.29. The number of carbonyl (C=O) groups excluding carboxylic acids is 1. The van der Waals surface area contributed by atoms with Crippen molar-refractivity contribution < 1.29 is 14.3 Å². The minimum absolute atomic E-state index is 0.0770. The number of ether oxygens (including phenoxy) is 2. The maximum atomic E-state index is 12.4. The van der Waals surface area contributed by atoms with Gasteiger partial charge >= 0.3 is 0 Å². The Morgan fingerprint density at radius 3 is 2.86 bits per heavy atom. The lowest BCUT2D eigenvalue weighted by atomic mass is 10.2. The van der Waals surface area contributed by atoms with E-state index in [4.69, 9.17) is 15.2 Å². The van der Waals surface area contributed by atoms with Crippen LogP contribution in [0.25, 0.3) is 0 Å². The molecule has 6 heteroatoms. The van der Waals surface area contributed by atoms with Crippen LogP contribution >= 0.6 is 0 Å². The Hall–Kier alpha value is -2.63. The molecule has 0 radical (unpaired) electrons. The second-order valence-corrected chi connectivity index (χ2v) is 4.85. The Bertz CT molecular complexity index is 666. The van der Waals surface area contributed by atoms with E-state index < -0.39 is 0 Å². The molecule has 6 nitrogen and oxygen atoms in total. The summed E-state index contributed by atoms with van der Waals surface area (Å²) in [4.78, 5) is 17.0. The lowest BCUT2D eigenvalue weighted by molar-refractivity contribution is 0.0747. The third-order valence-electron chi connectivity index (χ3n) is 3.42. The van der Waals surface area contributed by atoms with E-state index in [0.29, 0.717) is 24.5 Å². The molecule has 2 aromatic rings. The van der Waals surface area contributed by atoms with Gasteiger partial charge in [-0.05, 0) is 30.7 Å². The third kappa shape index (κ3) is 2.65. The van der Waals surface area contributed by atoms with Gasteiger partial charge in [-0.3, -0.25) is 4.79 Å². The van der Waals surface area contributed by atoms with Crippen LogP contribution in [0.3, 0.4) is 0 Å². The van der Waals surface area contributed by atoms with Crippen LogP contribution in [-0.2, 0) is 6.54 Å². The molecule has 0 aliphatic carbocycles. The number of fused-ring (bicyclic) bond motifs is 1. The monoisotopic (exact) mass is 287 g/mol. The topological polar surface area (TPSA) is 80.6 Å². The van der Waals surface area contributed by atoms with Gasteiger partial charge in [-0.15, -0.1) is 0 Å². The van der Waals surface area contributed by atoms with Crippen molar-refractivity contribution in [2.75, 3.05) is 19.1 Å². The van der Waals surface area contributed by atoms with Crippen molar-refractivity contribution in [2.45, 2.75) is 13.5 Å². The maximum absolute atomic E-state index is 12.4. The zero-order chi connectivity index (χ0) is 14.8. The summed E-state index contributed by atoms with van der Waals surface area (Å²) >= 11 is 0. The van der Waals surface area contributed by atoms with Gasteiger partial charge in [0, 0.05) is 25.0 Å². The molecule has 0 bridgehead atoms. The van der Waals surface area contributed by atoms with E-state index in [1.807, 2.05) is 25.1 Å². The smallest absolute Gasteiger partial charge is 0.270 e. The van der Waals surface area contributed by atoms with Gasteiger partial charge in [0.1, 0.15) is 5.69 Å². The molecular weight excluding hydrogens is 270 g/mol. The van der Waals surface area contributed by atoms with Crippen molar-refractivity contribution in [3.8, 4) is 11.5 Å². The average Bonchev–Trinajstić information content (AvgIpc) is 3.12. The number of anilines is 1. The molecule has 0 spiro atoms. The number of hydrogen-bond donors (Lipinski definition) is 2. The summed E-state index contributed by atoms with van der Waals surface area (Å²) in [7, 11) is 0. The van der Waals surface area contributed by atoms with Gasteiger partial charge in [0.25, 0.3) is 5.91 Å². The van der Waals surface area contributed by atoms with Crippen molar-refractivity contribution in [3.05, 3.63) is 41.7 Å². The third-order valence-corrected chi connectivity index (χ3v) is 3.42. The number of amides is 1. The van der Waals surface area contributed by atoms with Crippen LogP contribution in [0.15, 0.2) is 30.5 Å². The molecule has 3 N–H and O–H groups in total. The van der Waals surface area contributed by atoms with E-state index >= 15 is 0 Å². The summed E-state index contributed by atoms with van der Waals surface area (Å²) in [6, 6.07) is 7.35. The van der Waals surface area contributed by atoms with Crippen molar-refractivity contribution >= 4 is 11.6 Å². The number of hydrogen-bond acceptors (Lipinski definition) is 4. The molecule has 1 aromatic carbocycles. The van der Waals surface area contributed by atoms with Gasteiger partial charge < -0.3 is 25.1 Å². The van der Waals surface area contributed by atoms with E-state index in [9.17, 15) is 4.79 Å². The summed E-state index contributed by atoms with van der Waals surface area (Å²) in [5.41, 5.74) is 7.68. The van der Waals surface area contributed by atoms with E-state index in [1.54, 1.807) is 17.2 Å². The molecule has 1 amide bonds. The number of H-pyrrole nitrogens is 1. The minimum atomic E-state index is -0.0770. The first-order chi connectivity index (χ1) is 10.2. The molecule has 0 fully saturated rings. The highest BCUT2D eigenvalue weighted by Gasteiger charge is 2.18. The average molecular weight is 287 g/mol. The maximum Gasteiger partial charge on any atom is 0.270 e. The van der Waals surface area contributed by atoms with Crippen LogP contribution in [-0.4, -0.2) is 29.1 Å². The first-order valence-electron chi connectivity index (χ1n) is 6.79. The number of rotatable bonds is 4. The summed E-state index contributed by atoms with van der Waals surface area (Å²) in [6.45, 7) is 3.30. The summed E-state index contributed by atoms with van der Waals surface area (Å²) in [6.07, 6.45) is 1.61. The van der Waals surface area contributed by atoms with Crippen molar-refractivity contribution in [1.29, 1.82) is 0 Å². The van der Waals surface area contributed by atoms with Crippen LogP contribution in [0.5, 0.6) is 11.5 Å². The standard InChI is InChI=1S/C15H17N3O3/c1-2-18(15(19)12-6-11(16)7-17-12)8-10-3-4-13-14(5-10)21-9-20-13/h3-7,17H,2,8-9,16H2,1H3. The van der Waals surface area contributed by atoms with Gasteiger partial charge in [-0.1, -0.05) is 6.07 Å². The lowest BCUT2D eigenvalue weighted by Gasteiger charge is -2.20. The second-order valence-electron chi connectivity index (χ2n) is 4.85. The van der Waals surface area contributed by atoms with Gasteiger partial charge in [0.05, 0.1) is 0 Å². The first-order valence-corrected chi connectivity index (χ1v) is 6.79. The lowest BCUT2D eigenvalue weighted by Crippen LogP contribution is -2.30. The number of carbonyl (C=O) groups is 1. The Morgan fingerprint density at radius 1 is 1.33 bits per heavy atom. The summed E-state index contributed by atoms with van der Waals surface area (Å²) < 4.78 is 10.6. The molecule has 2 heterocycles. The number of nitrogens with two attached hydrogens (primary N) is 1. The summed E-state index contributed by atoms with van der Waals surface area (Å²) in [5.74, 6) is 1.39. The number of nitrogens with one attached hydrogen (secondary N) is 1. The number of nitrogens with zero attached hydrogens (tertiary/aromatic N) is 1. The van der Waals surface area contributed by atoms with E-state index in [2.05, 4.69) is 4.98 Å². The highest BCUT2D eigenvalue weighted by Crippen LogP contribution is 2.32. The van der Waals surface area contributed by atoms with Crippen LogP contribution < -0.4 is 15.2 Å². The molecular formula is C15H17N3O3. The fourth-order valence-electron chi connectivity index (χ4n) is 2.29. The van der Waals surface area contributed by atoms with Crippen LogP contribution in [0.1, 0.15) is 23.0 Å². The van der Waals surface area contributed by atoms with Crippen molar-refractivity contribution in [2.24, 2.45) is 0 Å². The number of aromatic amines is 1. The largest absolute Gasteiger partial charge is 0.454 e. The van der Waals surface area contributed by atoms with E-state index in [1.165, 1.54) is 0 Å².